The lowest BCUT2D eigenvalue weighted by Crippen LogP contribution is -2.36. The van der Waals surface area contributed by atoms with Crippen molar-refractivity contribution in [2.75, 3.05) is 14.1 Å². The highest BCUT2D eigenvalue weighted by atomic mass is 32.1. The smallest absolute Gasteiger partial charge is 0.317 e. The van der Waals surface area contributed by atoms with Crippen molar-refractivity contribution in [2.45, 2.75) is 20.0 Å². The Morgan fingerprint density at radius 1 is 1.13 bits per heavy atom. The second kappa shape index (κ2) is 7.78. The van der Waals surface area contributed by atoms with Crippen LogP contribution in [-0.4, -0.2) is 30.9 Å². The molecule has 0 aliphatic carbocycles. The van der Waals surface area contributed by atoms with Crippen LogP contribution >= 0.6 is 11.3 Å². The molecule has 1 heterocycles. The van der Waals surface area contributed by atoms with Gasteiger partial charge in [0.25, 0.3) is 5.91 Å². The highest BCUT2D eigenvalue weighted by molar-refractivity contribution is 7.11. The summed E-state index contributed by atoms with van der Waals surface area (Å²) in [6, 6.07) is 11.2. The van der Waals surface area contributed by atoms with E-state index in [1.807, 2.05) is 31.2 Å². The summed E-state index contributed by atoms with van der Waals surface area (Å²) in [7, 11) is 3.35. The highest BCUT2D eigenvalue weighted by Gasteiger charge is 2.10. The van der Waals surface area contributed by atoms with Gasteiger partial charge in [-0.3, -0.25) is 4.79 Å². The molecule has 0 saturated carbocycles. The first kappa shape index (κ1) is 17.0. The number of benzene rings is 1. The van der Waals surface area contributed by atoms with Gasteiger partial charge >= 0.3 is 6.03 Å². The van der Waals surface area contributed by atoms with E-state index in [1.165, 1.54) is 4.88 Å². The third kappa shape index (κ3) is 4.82. The van der Waals surface area contributed by atoms with Gasteiger partial charge in [-0.25, -0.2) is 4.79 Å². The van der Waals surface area contributed by atoms with Crippen molar-refractivity contribution in [1.29, 1.82) is 0 Å². The van der Waals surface area contributed by atoms with Crippen LogP contribution in [0.4, 0.5) is 4.79 Å². The lowest BCUT2D eigenvalue weighted by molar-refractivity contribution is 0.0963. The van der Waals surface area contributed by atoms with Gasteiger partial charge < -0.3 is 15.5 Å². The van der Waals surface area contributed by atoms with E-state index in [0.717, 1.165) is 10.4 Å². The number of urea groups is 1. The Bertz CT molecular complexity index is 679. The van der Waals surface area contributed by atoms with Gasteiger partial charge in [0.2, 0.25) is 0 Å². The molecule has 0 aliphatic rings. The Labute approximate surface area is 140 Å². The second-order valence-electron chi connectivity index (χ2n) is 5.30. The average molecular weight is 331 g/mol. The third-order valence-corrected chi connectivity index (χ3v) is 4.42. The van der Waals surface area contributed by atoms with Gasteiger partial charge in [0.1, 0.15) is 0 Å². The molecule has 0 spiro atoms. The zero-order chi connectivity index (χ0) is 16.8. The quantitative estimate of drug-likeness (QED) is 0.885. The summed E-state index contributed by atoms with van der Waals surface area (Å²) in [5, 5.41) is 5.49. The predicted octanol–water partition coefficient (Wildman–Crippen LogP) is 2.76. The average Bonchev–Trinajstić information content (AvgIpc) is 2.98. The number of carbonyl (C=O) groups excluding carboxylic acids is 2. The van der Waals surface area contributed by atoms with Gasteiger partial charge in [0.05, 0.1) is 6.54 Å². The van der Waals surface area contributed by atoms with Crippen LogP contribution in [0, 0.1) is 6.92 Å². The number of aryl methyl sites for hydroxylation is 1. The lowest BCUT2D eigenvalue weighted by Gasteiger charge is -2.18. The maximum absolute atomic E-state index is 12.1. The lowest BCUT2D eigenvalue weighted by atomic mass is 10.1. The molecule has 0 atom stereocenters. The Kier molecular flexibility index (Phi) is 5.76. The molecule has 5 nitrogen and oxygen atoms in total. The molecule has 0 radical (unpaired) electrons. The molecule has 122 valence electrons. The number of nitrogens with one attached hydrogen (secondary N) is 2. The van der Waals surface area contributed by atoms with Crippen molar-refractivity contribution in [3.05, 3.63) is 57.3 Å². The molecule has 0 aliphatic heterocycles. The molecule has 2 rings (SSSR count). The van der Waals surface area contributed by atoms with E-state index >= 15 is 0 Å². The monoisotopic (exact) mass is 331 g/mol. The number of rotatable bonds is 5. The van der Waals surface area contributed by atoms with E-state index in [2.05, 4.69) is 10.6 Å². The van der Waals surface area contributed by atoms with E-state index in [9.17, 15) is 9.59 Å². The zero-order valence-electron chi connectivity index (χ0n) is 13.6. The summed E-state index contributed by atoms with van der Waals surface area (Å²) in [6.45, 7) is 3.07. The Hall–Kier alpha value is -2.34. The second-order valence-corrected chi connectivity index (χ2v) is 6.68. The van der Waals surface area contributed by atoms with Gasteiger partial charge in [0.15, 0.2) is 0 Å². The van der Waals surface area contributed by atoms with Crippen molar-refractivity contribution < 1.29 is 9.59 Å². The molecule has 0 unspecified atom stereocenters. The SMILES string of the molecule is CNC(=O)c1ccc(CN(C)C(=O)NCc2ccc(C)s2)cc1. The first-order chi connectivity index (χ1) is 11.0. The highest BCUT2D eigenvalue weighted by Crippen LogP contribution is 2.14. The zero-order valence-corrected chi connectivity index (χ0v) is 14.4. The van der Waals surface area contributed by atoms with Gasteiger partial charge in [-0.15, -0.1) is 11.3 Å². The molecule has 2 aromatic rings. The molecule has 0 saturated heterocycles. The Balaban J connectivity index is 1.86. The standard InChI is InChI=1S/C17H21N3O2S/c1-12-4-9-15(23-12)10-19-17(22)20(3)11-13-5-7-14(8-6-13)16(21)18-2/h4-9H,10-11H2,1-3H3,(H,18,21)(H,19,22). The predicted molar refractivity (Wildman–Crippen MR) is 92.6 cm³/mol. The van der Waals surface area contributed by atoms with E-state index in [-0.39, 0.29) is 11.9 Å². The van der Waals surface area contributed by atoms with Crippen molar-refractivity contribution in [1.82, 2.24) is 15.5 Å². The first-order valence-corrected chi connectivity index (χ1v) is 8.16. The van der Waals surface area contributed by atoms with Crippen LogP contribution in [0.1, 0.15) is 25.7 Å². The number of hydrogen-bond acceptors (Lipinski definition) is 3. The maximum Gasteiger partial charge on any atom is 0.317 e. The van der Waals surface area contributed by atoms with Crippen LogP contribution < -0.4 is 10.6 Å². The van der Waals surface area contributed by atoms with Crippen molar-refractivity contribution in [3.8, 4) is 0 Å². The maximum atomic E-state index is 12.1. The van der Waals surface area contributed by atoms with Crippen LogP contribution in [0.3, 0.4) is 0 Å². The molecule has 6 heteroatoms. The number of carbonyl (C=O) groups is 2. The van der Waals surface area contributed by atoms with E-state index in [1.54, 1.807) is 42.5 Å². The van der Waals surface area contributed by atoms with Crippen LogP contribution in [-0.2, 0) is 13.1 Å². The van der Waals surface area contributed by atoms with Gasteiger partial charge in [-0.05, 0) is 36.8 Å². The molecule has 0 fully saturated rings. The Morgan fingerprint density at radius 2 is 1.83 bits per heavy atom. The Morgan fingerprint density at radius 3 is 2.39 bits per heavy atom. The minimum Gasteiger partial charge on any atom is -0.355 e. The number of thiophene rings is 1. The molecular formula is C17H21N3O2S. The fourth-order valence-electron chi connectivity index (χ4n) is 2.13. The minimum absolute atomic E-state index is 0.117. The fraction of sp³-hybridized carbons (Fsp3) is 0.294. The topological polar surface area (TPSA) is 61.4 Å². The van der Waals surface area contributed by atoms with Crippen LogP contribution in [0.15, 0.2) is 36.4 Å². The van der Waals surface area contributed by atoms with Gasteiger partial charge in [-0.1, -0.05) is 12.1 Å². The molecule has 1 aromatic carbocycles. The van der Waals surface area contributed by atoms with E-state index in [0.29, 0.717) is 18.7 Å². The summed E-state index contributed by atoms with van der Waals surface area (Å²) in [6.07, 6.45) is 0. The molecule has 23 heavy (non-hydrogen) atoms. The summed E-state index contributed by atoms with van der Waals surface area (Å²) in [4.78, 5) is 27.6. The van der Waals surface area contributed by atoms with Crippen LogP contribution in [0.25, 0.3) is 0 Å². The molecule has 2 N–H and O–H groups in total. The fourth-order valence-corrected chi connectivity index (χ4v) is 2.96. The summed E-state index contributed by atoms with van der Waals surface area (Å²) in [5.74, 6) is -0.117. The van der Waals surface area contributed by atoms with E-state index in [4.69, 9.17) is 0 Å². The minimum atomic E-state index is -0.119. The normalized spacial score (nSPS) is 10.2. The number of hydrogen-bond donors (Lipinski definition) is 2. The van der Waals surface area contributed by atoms with Gasteiger partial charge in [0, 0.05) is 36.0 Å². The molecule has 1 aromatic heterocycles. The van der Waals surface area contributed by atoms with Crippen LogP contribution in [0.2, 0.25) is 0 Å². The third-order valence-electron chi connectivity index (χ3n) is 3.42. The molecule has 0 bridgehead atoms. The van der Waals surface area contributed by atoms with E-state index < -0.39 is 0 Å². The van der Waals surface area contributed by atoms with Crippen molar-refractivity contribution >= 4 is 23.3 Å². The van der Waals surface area contributed by atoms with Gasteiger partial charge in [-0.2, -0.15) is 0 Å². The molecule has 3 amide bonds. The van der Waals surface area contributed by atoms with Crippen molar-refractivity contribution in [2.24, 2.45) is 0 Å². The summed E-state index contributed by atoms with van der Waals surface area (Å²) >= 11 is 1.68. The first-order valence-electron chi connectivity index (χ1n) is 7.35. The summed E-state index contributed by atoms with van der Waals surface area (Å²) < 4.78 is 0. The number of nitrogens with zero attached hydrogens (tertiary/aromatic N) is 1. The van der Waals surface area contributed by atoms with Crippen LogP contribution in [0.5, 0.6) is 0 Å². The number of amides is 3. The van der Waals surface area contributed by atoms with Crippen molar-refractivity contribution in [3.63, 3.8) is 0 Å². The summed E-state index contributed by atoms with van der Waals surface area (Å²) in [5.41, 5.74) is 1.58. The molecular weight excluding hydrogens is 310 g/mol. The largest absolute Gasteiger partial charge is 0.355 e.